The van der Waals surface area contributed by atoms with E-state index in [4.69, 9.17) is 15.2 Å². The molecule has 0 aliphatic carbocycles. The lowest BCUT2D eigenvalue weighted by Gasteiger charge is -2.24. The molecule has 0 radical (unpaired) electrons. The Kier molecular flexibility index (Phi) is 4.88. The molecule has 1 unspecified atom stereocenters. The number of rotatable bonds is 5. The molecule has 1 aliphatic heterocycles. The van der Waals surface area contributed by atoms with Crippen molar-refractivity contribution in [2.45, 2.75) is 26.4 Å². The summed E-state index contributed by atoms with van der Waals surface area (Å²) in [5.74, 6) is 1.23. The third-order valence-electron chi connectivity index (χ3n) is 3.35. The van der Waals surface area contributed by atoms with Crippen molar-refractivity contribution in [3.05, 3.63) is 22.2 Å². The molecule has 20 heavy (non-hydrogen) atoms. The number of carbonyl (C=O) groups excluding carboxylic acids is 1. The zero-order chi connectivity index (χ0) is 14.7. The van der Waals surface area contributed by atoms with E-state index in [0.29, 0.717) is 32.3 Å². The fourth-order valence-corrected chi connectivity index (χ4v) is 2.64. The molecule has 2 rings (SSSR count). The average Bonchev–Trinajstić information content (AvgIpc) is 2.38. The molecule has 1 aromatic rings. The van der Waals surface area contributed by atoms with Crippen molar-refractivity contribution in [1.29, 1.82) is 0 Å². The molecule has 3 N–H and O–H groups in total. The number of halogens is 1. The van der Waals surface area contributed by atoms with Gasteiger partial charge in [0.15, 0.2) is 18.0 Å². The van der Waals surface area contributed by atoms with Crippen molar-refractivity contribution < 1.29 is 19.2 Å². The number of ether oxygens (including phenoxy) is 2. The fraction of sp³-hybridized carbons (Fsp3) is 0.500. The molecule has 0 fully saturated rings. The number of nitrogens with two attached hydrogens (primary N) is 1. The van der Waals surface area contributed by atoms with E-state index in [-0.39, 0.29) is 5.91 Å². The Bertz CT molecular complexity index is 505. The van der Waals surface area contributed by atoms with Crippen molar-refractivity contribution in [1.82, 2.24) is 0 Å². The number of carbonyl (C=O) groups is 1. The highest BCUT2D eigenvalue weighted by Gasteiger charge is 2.21. The second-order valence-corrected chi connectivity index (χ2v) is 6.07. The molecule has 5 nitrogen and oxygen atoms in total. The first kappa shape index (κ1) is 15.1. The van der Waals surface area contributed by atoms with Crippen molar-refractivity contribution in [3.8, 4) is 11.5 Å². The Morgan fingerprint density at radius 2 is 1.95 bits per heavy atom. The molecule has 0 saturated carbocycles. The molecule has 0 aromatic heterocycles. The van der Waals surface area contributed by atoms with E-state index in [1.54, 1.807) is 0 Å². The summed E-state index contributed by atoms with van der Waals surface area (Å²) < 4.78 is 12.1. The summed E-state index contributed by atoms with van der Waals surface area (Å²) in [5.41, 5.74) is 6.40. The van der Waals surface area contributed by atoms with Gasteiger partial charge in [-0.25, -0.2) is 0 Å². The van der Waals surface area contributed by atoms with Crippen molar-refractivity contribution in [2.75, 3.05) is 19.8 Å². The van der Waals surface area contributed by atoms with E-state index < -0.39 is 0 Å². The normalized spacial score (nSPS) is 15.2. The second-order valence-electron chi connectivity index (χ2n) is 5.22. The zero-order valence-corrected chi connectivity index (χ0v) is 13.3. The Morgan fingerprint density at radius 1 is 1.35 bits per heavy atom. The van der Waals surface area contributed by atoms with Gasteiger partial charge < -0.3 is 20.1 Å². The number of hydrogen-bond donors (Lipinski definition) is 2. The van der Waals surface area contributed by atoms with Crippen molar-refractivity contribution >= 4 is 21.8 Å². The largest absolute Gasteiger partial charge is 0.486 e. The number of benzene rings is 1. The molecule has 110 valence electrons. The lowest BCUT2D eigenvalue weighted by Crippen LogP contribution is -3.14. The predicted octanol–water partition coefficient (Wildman–Crippen LogP) is 0.499. The van der Waals surface area contributed by atoms with E-state index in [1.165, 1.54) is 0 Å². The summed E-state index contributed by atoms with van der Waals surface area (Å²) >= 11 is 3.55. The number of quaternary nitrogens is 1. The van der Waals surface area contributed by atoms with Crippen LogP contribution >= 0.6 is 15.9 Å². The van der Waals surface area contributed by atoms with Gasteiger partial charge in [0, 0.05) is 10.0 Å². The van der Waals surface area contributed by atoms with Crippen LogP contribution in [-0.2, 0) is 11.3 Å². The highest BCUT2D eigenvalue weighted by Crippen LogP contribution is 2.35. The van der Waals surface area contributed by atoms with Gasteiger partial charge >= 0.3 is 0 Å². The molecule has 1 aromatic carbocycles. The number of primary amides is 1. The molecule has 6 heteroatoms. The number of amides is 1. The summed E-state index contributed by atoms with van der Waals surface area (Å²) in [6.45, 7) is 6.31. The van der Waals surface area contributed by atoms with Crippen LogP contribution in [0.15, 0.2) is 16.6 Å². The molecule has 0 saturated heterocycles. The maximum absolute atomic E-state index is 11.2. The molecule has 0 spiro atoms. The highest BCUT2D eigenvalue weighted by atomic mass is 79.9. The molecule has 0 bridgehead atoms. The molecule has 1 amide bonds. The van der Waals surface area contributed by atoms with Crippen LogP contribution in [0, 0.1) is 0 Å². The molecular weight excluding hydrogens is 324 g/mol. The van der Waals surface area contributed by atoms with Crippen LogP contribution in [0.5, 0.6) is 11.5 Å². The van der Waals surface area contributed by atoms with Crippen LogP contribution in [0.25, 0.3) is 0 Å². The van der Waals surface area contributed by atoms with Gasteiger partial charge in [-0.2, -0.15) is 0 Å². The third-order valence-corrected chi connectivity index (χ3v) is 4.08. The minimum Gasteiger partial charge on any atom is -0.486 e. The van der Waals surface area contributed by atoms with Gasteiger partial charge in [0.2, 0.25) is 0 Å². The van der Waals surface area contributed by atoms with Crippen LogP contribution in [-0.4, -0.2) is 31.7 Å². The first-order chi connectivity index (χ1) is 9.47. The van der Waals surface area contributed by atoms with Crippen molar-refractivity contribution in [3.63, 3.8) is 0 Å². The Balaban J connectivity index is 2.21. The van der Waals surface area contributed by atoms with Gasteiger partial charge in [-0.15, -0.1) is 0 Å². The molecular formula is C14H20BrN2O3+. The third kappa shape index (κ3) is 3.64. The summed E-state index contributed by atoms with van der Waals surface area (Å²) in [7, 11) is 0. The summed E-state index contributed by atoms with van der Waals surface area (Å²) in [5, 5.41) is 0. The Morgan fingerprint density at radius 3 is 2.50 bits per heavy atom. The van der Waals surface area contributed by atoms with E-state index in [0.717, 1.165) is 26.4 Å². The van der Waals surface area contributed by atoms with Crippen LogP contribution in [0.3, 0.4) is 0 Å². The van der Waals surface area contributed by atoms with Gasteiger partial charge in [0.25, 0.3) is 5.91 Å². The first-order valence-electron chi connectivity index (χ1n) is 6.68. The summed E-state index contributed by atoms with van der Waals surface area (Å²) in [6.07, 6.45) is 0. The smallest absolute Gasteiger partial charge is 0.272 e. The quantitative estimate of drug-likeness (QED) is 0.818. The zero-order valence-electron chi connectivity index (χ0n) is 11.7. The number of fused-ring (bicyclic) bond motifs is 1. The van der Waals surface area contributed by atoms with E-state index >= 15 is 0 Å². The summed E-state index contributed by atoms with van der Waals surface area (Å²) in [6, 6.07) is 4.20. The van der Waals surface area contributed by atoms with Gasteiger partial charge in [0.05, 0.1) is 6.04 Å². The molecule has 1 aliphatic rings. The van der Waals surface area contributed by atoms with Crippen LogP contribution in [0.1, 0.15) is 19.4 Å². The van der Waals surface area contributed by atoms with Crippen molar-refractivity contribution in [2.24, 2.45) is 5.73 Å². The molecule has 1 atom stereocenters. The molecule has 1 heterocycles. The van der Waals surface area contributed by atoms with Gasteiger partial charge in [-0.05, 0) is 26.0 Å². The monoisotopic (exact) mass is 343 g/mol. The summed E-state index contributed by atoms with van der Waals surface area (Å²) in [4.78, 5) is 12.3. The Hall–Kier alpha value is -1.27. The lowest BCUT2D eigenvalue weighted by molar-refractivity contribution is -0.927. The standard InChI is InChI=1S/C14H19BrN2O3/c1-9(2)17(8-14(16)18)7-10-5-12-13(6-11(10)15)20-4-3-19-12/h5-6,9H,3-4,7-8H2,1-2H3,(H2,16,18)/p+1. The second kappa shape index (κ2) is 6.45. The van der Waals surface area contributed by atoms with E-state index in [9.17, 15) is 4.79 Å². The van der Waals surface area contributed by atoms with Crippen LogP contribution in [0.4, 0.5) is 0 Å². The number of nitrogens with one attached hydrogen (secondary N) is 1. The van der Waals surface area contributed by atoms with Crippen LogP contribution < -0.4 is 20.1 Å². The minimum absolute atomic E-state index is 0.289. The first-order valence-corrected chi connectivity index (χ1v) is 7.47. The van der Waals surface area contributed by atoms with Gasteiger partial charge in [-0.3, -0.25) is 4.79 Å². The fourth-order valence-electron chi connectivity index (χ4n) is 2.18. The highest BCUT2D eigenvalue weighted by molar-refractivity contribution is 9.10. The van der Waals surface area contributed by atoms with Gasteiger partial charge in [0.1, 0.15) is 19.8 Å². The lowest BCUT2D eigenvalue weighted by atomic mass is 10.1. The maximum Gasteiger partial charge on any atom is 0.272 e. The predicted molar refractivity (Wildman–Crippen MR) is 79.0 cm³/mol. The SMILES string of the molecule is CC(C)[NH+](CC(N)=O)Cc1cc2c(cc1Br)OCCO2. The topological polar surface area (TPSA) is 66.0 Å². The van der Waals surface area contributed by atoms with Gasteiger partial charge in [-0.1, -0.05) is 15.9 Å². The van der Waals surface area contributed by atoms with Crippen LogP contribution in [0.2, 0.25) is 0 Å². The average molecular weight is 344 g/mol. The van der Waals surface area contributed by atoms with E-state index in [2.05, 4.69) is 29.8 Å². The maximum atomic E-state index is 11.2. The minimum atomic E-state index is -0.289. The van der Waals surface area contributed by atoms with E-state index in [1.807, 2.05) is 12.1 Å². The Labute approximate surface area is 127 Å². The number of hydrogen-bond acceptors (Lipinski definition) is 3.